The molecule has 0 fully saturated rings. The first kappa shape index (κ1) is 15.3. The van der Waals surface area contributed by atoms with Gasteiger partial charge >= 0.3 is 5.97 Å². The molecule has 1 amide bonds. The normalized spacial score (nSPS) is 12.5. The highest BCUT2D eigenvalue weighted by Gasteiger charge is 2.22. The van der Waals surface area contributed by atoms with Crippen molar-refractivity contribution in [3.63, 3.8) is 0 Å². The van der Waals surface area contributed by atoms with Crippen molar-refractivity contribution in [2.24, 2.45) is 5.92 Å². The second-order valence-corrected chi connectivity index (χ2v) is 4.68. The molecular weight excluding hydrogens is 226 g/mol. The number of carbonyl (C=O) groups excluding carboxylic acids is 1. The third-order valence-corrected chi connectivity index (χ3v) is 3.23. The number of hydrogen-bond acceptors (Lipinski definition) is 3. The molecule has 0 saturated heterocycles. The second kappa shape index (κ2) is 8.44. The summed E-state index contributed by atoms with van der Waals surface area (Å²) in [4.78, 5) is 22.6. The lowest BCUT2D eigenvalue weighted by Crippen LogP contribution is -2.43. The van der Waals surface area contributed by atoms with Crippen LogP contribution in [0.4, 0.5) is 0 Å². The fourth-order valence-corrected chi connectivity index (χ4v) is 1.91. The van der Waals surface area contributed by atoms with Crippen molar-refractivity contribution in [1.29, 1.82) is 0 Å². The summed E-state index contributed by atoms with van der Waals surface area (Å²) in [6, 6.07) is -0.749. The summed E-state index contributed by atoms with van der Waals surface area (Å²) in [5.74, 6) is -0.428. The van der Waals surface area contributed by atoms with Gasteiger partial charge in [-0.05, 0) is 31.3 Å². The van der Waals surface area contributed by atoms with Crippen molar-refractivity contribution in [1.82, 2.24) is 5.32 Å². The van der Waals surface area contributed by atoms with Gasteiger partial charge in [0.05, 0.1) is 0 Å². The Kier molecular flexibility index (Phi) is 8.07. The number of rotatable bonds is 8. The van der Waals surface area contributed by atoms with E-state index in [1.54, 1.807) is 11.8 Å². The highest BCUT2D eigenvalue weighted by atomic mass is 32.2. The Morgan fingerprint density at radius 3 is 2.25 bits per heavy atom. The van der Waals surface area contributed by atoms with Gasteiger partial charge in [-0.25, -0.2) is 4.79 Å². The van der Waals surface area contributed by atoms with E-state index in [9.17, 15) is 9.59 Å². The monoisotopic (exact) mass is 247 g/mol. The van der Waals surface area contributed by atoms with Crippen LogP contribution in [0.25, 0.3) is 0 Å². The van der Waals surface area contributed by atoms with E-state index in [0.717, 1.165) is 18.6 Å². The van der Waals surface area contributed by atoms with Crippen LogP contribution in [0.5, 0.6) is 0 Å². The minimum absolute atomic E-state index is 0.0730. The van der Waals surface area contributed by atoms with E-state index in [4.69, 9.17) is 5.11 Å². The van der Waals surface area contributed by atoms with Gasteiger partial charge in [0.1, 0.15) is 6.04 Å². The van der Waals surface area contributed by atoms with Crippen molar-refractivity contribution in [2.45, 2.75) is 39.2 Å². The average molecular weight is 247 g/mol. The van der Waals surface area contributed by atoms with E-state index in [0.29, 0.717) is 6.42 Å². The molecule has 0 unspecified atom stereocenters. The van der Waals surface area contributed by atoms with Gasteiger partial charge in [-0.3, -0.25) is 4.79 Å². The molecule has 0 aromatic carbocycles. The van der Waals surface area contributed by atoms with Gasteiger partial charge in [-0.15, -0.1) is 0 Å². The minimum atomic E-state index is -0.951. The molecule has 0 aromatic rings. The quantitative estimate of drug-likeness (QED) is 0.685. The highest BCUT2D eigenvalue weighted by molar-refractivity contribution is 7.98. The lowest BCUT2D eigenvalue weighted by Gasteiger charge is -2.18. The SMILES string of the molecule is CCC(CC)C(=O)N[C@H](CCSC)C(=O)O. The number of hydrogen-bond donors (Lipinski definition) is 2. The predicted molar refractivity (Wildman–Crippen MR) is 66.6 cm³/mol. The summed E-state index contributed by atoms with van der Waals surface area (Å²) in [7, 11) is 0. The predicted octanol–water partition coefficient (Wildman–Crippen LogP) is 1.75. The summed E-state index contributed by atoms with van der Waals surface area (Å²) >= 11 is 1.58. The third kappa shape index (κ3) is 5.39. The Morgan fingerprint density at radius 2 is 1.88 bits per heavy atom. The zero-order chi connectivity index (χ0) is 12.6. The lowest BCUT2D eigenvalue weighted by molar-refractivity contribution is -0.142. The molecule has 0 radical (unpaired) electrons. The Labute approximate surface area is 101 Å². The Balaban J connectivity index is 4.27. The Morgan fingerprint density at radius 1 is 1.31 bits per heavy atom. The van der Waals surface area contributed by atoms with Crippen molar-refractivity contribution in [2.75, 3.05) is 12.0 Å². The summed E-state index contributed by atoms with van der Waals surface area (Å²) in [5, 5.41) is 11.6. The van der Waals surface area contributed by atoms with Crippen molar-refractivity contribution in [3.05, 3.63) is 0 Å². The molecule has 0 aliphatic carbocycles. The topological polar surface area (TPSA) is 66.4 Å². The number of carbonyl (C=O) groups is 2. The zero-order valence-electron chi connectivity index (χ0n) is 10.2. The van der Waals surface area contributed by atoms with Crippen molar-refractivity contribution in [3.8, 4) is 0 Å². The second-order valence-electron chi connectivity index (χ2n) is 3.69. The van der Waals surface area contributed by atoms with Gasteiger partial charge in [0.2, 0.25) is 5.91 Å². The van der Waals surface area contributed by atoms with Crippen LogP contribution in [0.3, 0.4) is 0 Å². The molecular formula is C11H21NO3S. The highest BCUT2D eigenvalue weighted by Crippen LogP contribution is 2.09. The molecule has 0 bridgehead atoms. The molecule has 0 aliphatic rings. The van der Waals surface area contributed by atoms with Crippen LogP contribution in [-0.4, -0.2) is 35.0 Å². The van der Waals surface area contributed by atoms with Crippen LogP contribution < -0.4 is 5.32 Å². The van der Waals surface area contributed by atoms with Gasteiger partial charge in [-0.2, -0.15) is 11.8 Å². The molecule has 4 nitrogen and oxygen atoms in total. The number of carboxylic acid groups (broad SMARTS) is 1. The molecule has 0 aliphatic heterocycles. The summed E-state index contributed by atoms with van der Waals surface area (Å²) in [5.41, 5.74) is 0. The molecule has 2 N–H and O–H groups in total. The molecule has 16 heavy (non-hydrogen) atoms. The first-order chi connectivity index (χ1) is 7.56. The van der Waals surface area contributed by atoms with Crippen molar-refractivity contribution >= 4 is 23.6 Å². The lowest BCUT2D eigenvalue weighted by atomic mass is 10.0. The number of amides is 1. The fraction of sp³-hybridized carbons (Fsp3) is 0.818. The number of carboxylic acids is 1. The zero-order valence-corrected chi connectivity index (χ0v) is 11.0. The van der Waals surface area contributed by atoms with Crippen LogP contribution in [0.2, 0.25) is 0 Å². The van der Waals surface area contributed by atoms with Crippen LogP contribution in [0.1, 0.15) is 33.1 Å². The minimum Gasteiger partial charge on any atom is -0.480 e. The average Bonchev–Trinajstić information content (AvgIpc) is 2.25. The van der Waals surface area contributed by atoms with Gasteiger partial charge in [0, 0.05) is 5.92 Å². The van der Waals surface area contributed by atoms with Crippen LogP contribution in [0.15, 0.2) is 0 Å². The van der Waals surface area contributed by atoms with Crippen LogP contribution >= 0.6 is 11.8 Å². The van der Waals surface area contributed by atoms with E-state index in [1.807, 2.05) is 20.1 Å². The summed E-state index contributed by atoms with van der Waals surface area (Å²) in [6.45, 7) is 3.87. The molecule has 1 atom stereocenters. The van der Waals surface area contributed by atoms with E-state index < -0.39 is 12.0 Å². The molecule has 0 aromatic heterocycles. The standard InChI is InChI=1S/C11H21NO3S/c1-4-8(5-2)10(13)12-9(11(14)15)6-7-16-3/h8-9H,4-7H2,1-3H3,(H,12,13)(H,14,15)/t9-/m1/s1. The Hall–Kier alpha value is -0.710. The molecule has 0 spiro atoms. The van der Waals surface area contributed by atoms with Gasteiger partial charge in [0.15, 0.2) is 0 Å². The van der Waals surface area contributed by atoms with E-state index in [1.165, 1.54) is 0 Å². The summed E-state index contributed by atoms with van der Waals surface area (Å²) in [6.07, 6.45) is 3.89. The maximum Gasteiger partial charge on any atom is 0.326 e. The number of thioether (sulfide) groups is 1. The largest absolute Gasteiger partial charge is 0.480 e. The first-order valence-corrected chi connectivity index (χ1v) is 6.98. The fourth-order valence-electron chi connectivity index (χ4n) is 1.44. The number of aliphatic carboxylic acids is 1. The number of nitrogens with one attached hydrogen (secondary N) is 1. The molecule has 94 valence electrons. The summed E-state index contributed by atoms with van der Waals surface area (Å²) < 4.78 is 0. The third-order valence-electron chi connectivity index (χ3n) is 2.58. The Bertz CT molecular complexity index is 229. The van der Waals surface area contributed by atoms with E-state index >= 15 is 0 Å². The molecule has 0 rings (SSSR count). The molecule has 0 saturated carbocycles. The maximum atomic E-state index is 11.7. The van der Waals surface area contributed by atoms with Crippen LogP contribution in [-0.2, 0) is 9.59 Å². The maximum absolute atomic E-state index is 11.7. The van der Waals surface area contributed by atoms with Gasteiger partial charge < -0.3 is 10.4 Å². The van der Waals surface area contributed by atoms with Gasteiger partial charge in [-0.1, -0.05) is 13.8 Å². The molecule has 5 heteroatoms. The van der Waals surface area contributed by atoms with E-state index in [-0.39, 0.29) is 11.8 Å². The van der Waals surface area contributed by atoms with E-state index in [2.05, 4.69) is 5.32 Å². The smallest absolute Gasteiger partial charge is 0.326 e. The first-order valence-electron chi connectivity index (χ1n) is 5.58. The van der Waals surface area contributed by atoms with Crippen molar-refractivity contribution < 1.29 is 14.7 Å². The van der Waals surface area contributed by atoms with Crippen LogP contribution in [0, 0.1) is 5.92 Å². The van der Waals surface area contributed by atoms with Gasteiger partial charge in [0.25, 0.3) is 0 Å². The molecule has 0 heterocycles.